The lowest BCUT2D eigenvalue weighted by atomic mass is 9.99. The molecule has 2 heteroatoms. The predicted octanol–water partition coefficient (Wildman–Crippen LogP) is 4.34. The molecule has 1 rings (SSSR count). The lowest BCUT2D eigenvalue weighted by molar-refractivity contribution is 0.413. The van der Waals surface area contributed by atoms with Gasteiger partial charge in [0.1, 0.15) is 5.75 Å². The van der Waals surface area contributed by atoms with Crippen molar-refractivity contribution in [3.8, 4) is 5.75 Å². The van der Waals surface area contributed by atoms with Gasteiger partial charge in [-0.1, -0.05) is 6.08 Å². The average Bonchev–Trinajstić information content (AvgIpc) is 2.28. The van der Waals surface area contributed by atoms with Gasteiger partial charge in [-0.15, -0.1) is 11.6 Å². The van der Waals surface area contributed by atoms with Crippen LogP contribution >= 0.6 is 11.6 Å². The van der Waals surface area contributed by atoms with Crippen molar-refractivity contribution in [2.45, 2.75) is 27.2 Å². The number of ether oxygens (including phenoxy) is 1. The van der Waals surface area contributed by atoms with Crippen LogP contribution in [0.5, 0.6) is 5.75 Å². The molecule has 0 fully saturated rings. The Kier molecular flexibility index (Phi) is 4.88. The van der Waals surface area contributed by atoms with Crippen molar-refractivity contribution >= 4 is 17.2 Å². The van der Waals surface area contributed by atoms with E-state index in [0.717, 1.165) is 17.7 Å². The lowest BCUT2D eigenvalue weighted by Gasteiger charge is -2.12. The molecule has 0 amide bonds. The summed E-state index contributed by atoms with van der Waals surface area (Å²) in [6, 6.07) is 4.26. The van der Waals surface area contributed by atoms with Gasteiger partial charge in [0.05, 0.1) is 7.11 Å². The monoisotopic (exact) mass is 238 g/mol. The Labute approximate surface area is 103 Å². The largest absolute Gasteiger partial charge is 0.496 e. The molecular weight excluding hydrogens is 220 g/mol. The molecule has 0 saturated heterocycles. The molecule has 0 aliphatic heterocycles. The van der Waals surface area contributed by atoms with Gasteiger partial charge in [0.25, 0.3) is 0 Å². The molecule has 0 aliphatic carbocycles. The Morgan fingerprint density at radius 3 is 2.50 bits per heavy atom. The number of aryl methyl sites for hydroxylation is 2. The maximum atomic E-state index is 5.69. The number of benzene rings is 1. The van der Waals surface area contributed by atoms with E-state index in [2.05, 4.69) is 39.0 Å². The van der Waals surface area contributed by atoms with Crippen LogP contribution in [-0.4, -0.2) is 13.0 Å². The summed E-state index contributed by atoms with van der Waals surface area (Å²) in [6.07, 6.45) is 3.04. The van der Waals surface area contributed by atoms with Crippen LogP contribution in [-0.2, 0) is 0 Å². The Bertz CT molecular complexity index is 394. The predicted molar refractivity (Wildman–Crippen MR) is 71.5 cm³/mol. The van der Waals surface area contributed by atoms with Crippen molar-refractivity contribution in [2.24, 2.45) is 0 Å². The minimum Gasteiger partial charge on any atom is -0.496 e. The summed E-state index contributed by atoms with van der Waals surface area (Å²) in [4.78, 5) is 0. The normalized spacial score (nSPS) is 11.7. The van der Waals surface area contributed by atoms with Crippen LogP contribution in [0.1, 0.15) is 30.0 Å². The van der Waals surface area contributed by atoms with Gasteiger partial charge < -0.3 is 4.74 Å². The molecule has 0 saturated carbocycles. The third-order valence-corrected chi connectivity index (χ3v) is 3.02. The molecule has 0 heterocycles. The minimum absolute atomic E-state index is 0.657. The van der Waals surface area contributed by atoms with Crippen LogP contribution in [0, 0.1) is 13.8 Å². The summed E-state index contributed by atoms with van der Waals surface area (Å²) >= 11 is 5.69. The van der Waals surface area contributed by atoms with Crippen LogP contribution in [0.15, 0.2) is 18.2 Å². The van der Waals surface area contributed by atoms with Crippen molar-refractivity contribution in [2.75, 3.05) is 13.0 Å². The first kappa shape index (κ1) is 13.1. The molecule has 0 aromatic heterocycles. The van der Waals surface area contributed by atoms with E-state index in [4.69, 9.17) is 16.3 Å². The summed E-state index contributed by atoms with van der Waals surface area (Å²) in [5, 5.41) is 0. The van der Waals surface area contributed by atoms with Gasteiger partial charge in [-0.25, -0.2) is 0 Å². The second kappa shape index (κ2) is 5.95. The van der Waals surface area contributed by atoms with E-state index in [1.54, 1.807) is 7.11 Å². The van der Waals surface area contributed by atoms with Crippen molar-refractivity contribution < 1.29 is 4.74 Å². The minimum atomic E-state index is 0.657. The summed E-state index contributed by atoms with van der Waals surface area (Å²) < 4.78 is 5.41. The average molecular weight is 239 g/mol. The Hall–Kier alpha value is -0.950. The second-order valence-electron chi connectivity index (χ2n) is 4.00. The first-order valence-electron chi connectivity index (χ1n) is 5.48. The van der Waals surface area contributed by atoms with Crippen molar-refractivity contribution in [3.05, 3.63) is 34.9 Å². The molecule has 1 nitrogen and oxygen atoms in total. The van der Waals surface area contributed by atoms with Gasteiger partial charge in [0, 0.05) is 11.4 Å². The molecule has 1 aromatic rings. The van der Waals surface area contributed by atoms with E-state index < -0.39 is 0 Å². The fourth-order valence-electron chi connectivity index (χ4n) is 1.65. The molecule has 0 aliphatic rings. The zero-order valence-electron chi connectivity index (χ0n) is 10.4. The fourth-order valence-corrected chi connectivity index (χ4v) is 1.76. The zero-order chi connectivity index (χ0) is 12.1. The highest BCUT2D eigenvalue weighted by Crippen LogP contribution is 2.29. The molecule has 0 unspecified atom stereocenters. The highest BCUT2D eigenvalue weighted by Gasteiger charge is 2.07. The number of rotatable bonds is 4. The third kappa shape index (κ3) is 3.02. The number of allylic oxidation sites excluding steroid dienone is 2. The first-order chi connectivity index (χ1) is 7.60. The molecule has 0 bridgehead atoms. The summed E-state index contributed by atoms with van der Waals surface area (Å²) in [5.74, 6) is 1.59. The van der Waals surface area contributed by atoms with Crippen molar-refractivity contribution in [1.29, 1.82) is 0 Å². The standard InChI is InChI=1S/C14H19ClO/c1-10(6-5-7-15)13-8-11(2)12(3)9-14(13)16-4/h6,8-9H,5,7H2,1-4H3/b10-6+. The van der Waals surface area contributed by atoms with E-state index in [1.165, 1.54) is 16.7 Å². The number of halogens is 1. The van der Waals surface area contributed by atoms with Gasteiger partial charge in [-0.05, 0) is 56.0 Å². The van der Waals surface area contributed by atoms with Gasteiger partial charge >= 0.3 is 0 Å². The van der Waals surface area contributed by atoms with E-state index in [9.17, 15) is 0 Å². The smallest absolute Gasteiger partial charge is 0.126 e. The summed E-state index contributed by atoms with van der Waals surface area (Å²) in [7, 11) is 1.71. The topological polar surface area (TPSA) is 9.23 Å². The highest BCUT2D eigenvalue weighted by atomic mass is 35.5. The van der Waals surface area contributed by atoms with Crippen molar-refractivity contribution in [3.63, 3.8) is 0 Å². The molecule has 0 atom stereocenters. The maximum Gasteiger partial charge on any atom is 0.126 e. The number of methoxy groups -OCH3 is 1. The van der Waals surface area contributed by atoms with Crippen LogP contribution in [0.4, 0.5) is 0 Å². The van der Waals surface area contributed by atoms with Gasteiger partial charge in [-0.2, -0.15) is 0 Å². The van der Waals surface area contributed by atoms with Crippen LogP contribution in [0.3, 0.4) is 0 Å². The van der Waals surface area contributed by atoms with Gasteiger partial charge in [-0.3, -0.25) is 0 Å². The SMILES string of the molecule is COc1cc(C)c(C)cc1/C(C)=C/CCCl. The molecule has 88 valence electrons. The summed E-state index contributed by atoms with van der Waals surface area (Å²) in [5.41, 5.74) is 4.93. The van der Waals surface area contributed by atoms with Crippen LogP contribution in [0.25, 0.3) is 5.57 Å². The molecule has 1 aromatic carbocycles. The molecule has 0 N–H and O–H groups in total. The quantitative estimate of drug-likeness (QED) is 0.709. The third-order valence-electron chi connectivity index (χ3n) is 2.80. The Morgan fingerprint density at radius 1 is 1.31 bits per heavy atom. The molecular formula is C14H19ClO. The Balaban J connectivity index is 3.16. The van der Waals surface area contributed by atoms with E-state index >= 15 is 0 Å². The highest BCUT2D eigenvalue weighted by molar-refractivity contribution is 6.17. The second-order valence-corrected chi connectivity index (χ2v) is 4.38. The van der Waals surface area contributed by atoms with Crippen molar-refractivity contribution in [1.82, 2.24) is 0 Å². The molecule has 0 spiro atoms. The summed E-state index contributed by atoms with van der Waals surface area (Å²) in [6.45, 7) is 6.31. The number of hydrogen-bond donors (Lipinski definition) is 0. The van der Waals surface area contributed by atoms with Crippen LogP contribution in [0.2, 0.25) is 0 Å². The lowest BCUT2D eigenvalue weighted by Crippen LogP contribution is -1.93. The van der Waals surface area contributed by atoms with Gasteiger partial charge in [0.2, 0.25) is 0 Å². The van der Waals surface area contributed by atoms with E-state index in [1.807, 2.05) is 0 Å². The molecule has 0 radical (unpaired) electrons. The first-order valence-corrected chi connectivity index (χ1v) is 6.02. The number of hydrogen-bond acceptors (Lipinski definition) is 1. The fraction of sp³-hybridized carbons (Fsp3) is 0.429. The van der Waals surface area contributed by atoms with Crippen LogP contribution < -0.4 is 4.74 Å². The Morgan fingerprint density at radius 2 is 1.94 bits per heavy atom. The van der Waals surface area contributed by atoms with E-state index in [-0.39, 0.29) is 0 Å². The number of alkyl halides is 1. The maximum absolute atomic E-state index is 5.69. The van der Waals surface area contributed by atoms with E-state index in [0.29, 0.717) is 5.88 Å². The zero-order valence-corrected chi connectivity index (χ0v) is 11.2. The van der Waals surface area contributed by atoms with Gasteiger partial charge in [0.15, 0.2) is 0 Å². The molecule has 16 heavy (non-hydrogen) atoms.